The van der Waals surface area contributed by atoms with E-state index in [0.29, 0.717) is 0 Å². The Morgan fingerprint density at radius 2 is 1.87 bits per heavy atom. The highest BCUT2D eigenvalue weighted by Crippen LogP contribution is 2.23. The number of rotatable bonds is 4. The lowest BCUT2D eigenvalue weighted by molar-refractivity contribution is -0.385. The molecule has 2 aromatic rings. The lowest BCUT2D eigenvalue weighted by Crippen LogP contribution is -2.22. The van der Waals surface area contributed by atoms with Gasteiger partial charge < -0.3 is 10.6 Å². The highest BCUT2D eigenvalue weighted by molar-refractivity contribution is 6.09. The van der Waals surface area contributed by atoms with Crippen LogP contribution in [0.1, 0.15) is 26.7 Å². The Hall–Kier alpha value is -3.24. The van der Waals surface area contributed by atoms with Crippen molar-refractivity contribution in [1.82, 2.24) is 24.9 Å². The molecule has 11 nitrogen and oxygen atoms in total. The number of aryl methyl sites for hydroxylation is 2. The van der Waals surface area contributed by atoms with E-state index in [0.717, 1.165) is 0 Å². The highest BCUT2D eigenvalue weighted by atomic mass is 16.6. The van der Waals surface area contributed by atoms with Crippen LogP contribution in [0.4, 0.5) is 11.4 Å². The van der Waals surface area contributed by atoms with Crippen molar-refractivity contribution in [3.05, 3.63) is 33.4 Å². The molecule has 0 atom stereocenters. The van der Waals surface area contributed by atoms with E-state index < -0.39 is 16.7 Å². The van der Waals surface area contributed by atoms with E-state index in [9.17, 15) is 19.7 Å². The Balaban J connectivity index is 2.40. The van der Waals surface area contributed by atoms with E-state index in [2.05, 4.69) is 20.8 Å². The monoisotopic (exact) mass is 321 g/mol. The molecule has 0 unspecified atom stereocenters. The Labute approximate surface area is 130 Å². The Bertz CT molecular complexity index is 805. The molecule has 2 amide bonds. The molecule has 11 heteroatoms. The number of hydrogen-bond acceptors (Lipinski definition) is 6. The topological polar surface area (TPSA) is 137 Å². The highest BCUT2D eigenvalue weighted by Gasteiger charge is 2.30. The second-order valence-corrected chi connectivity index (χ2v) is 4.76. The number of nitrogens with one attached hydrogen (secondary N) is 2. The number of carbonyl (C=O) groups excluding carboxylic acids is 2. The van der Waals surface area contributed by atoms with E-state index in [1.165, 1.54) is 36.6 Å². The minimum Gasteiger partial charge on any atom is -0.354 e. The van der Waals surface area contributed by atoms with Gasteiger partial charge in [-0.3, -0.25) is 29.1 Å². The summed E-state index contributed by atoms with van der Waals surface area (Å²) in [5.74, 6) is -1.29. The van der Waals surface area contributed by atoms with Crippen LogP contribution in [0.2, 0.25) is 0 Å². The normalized spacial score (nSPS) is 10.4. The van der Waals surface area contributed by atoms with Crippen LogP contribution < -0.4 is 10.6 Å². The third-order valence-electron chi connectivity index (χ3n) is 3.22. The summed E-state index contributed by atoms with van der Waals surface area (Å²) in [5.41, 5.74) is -0.330. The molecule has 0 aromatic carbocycles. The summed E-state index contributed by atoms with van der Waals surface area (Å²) in [6, 6.07) is 0. The van der Waals surface area contributed by atoms with Gasteiger partial charge in [-0.15, -0.1) is 0 Å². The van der Waals surface area contributed by atoms with Gasteiger partial charge in [-0.05, 0) is 6.92 Å². The van der Waals surface area contributed by atoms with Crippen molar-refractivity contribution >= 4 is 23.2 Å². The van der Waals surface area contributed by atoms with Crippen molar-refractivity contribution < 1.29 is 14.5 Å². The zero-order valence-corrected chi connectivity index (χ0v) is 12.9. The Morgan fingerprint density at radius 1 is 1.22 bits per heavy atom. The third-order valence-corrected chi connectivity index (χ3v) is 3.22. The minimum atomic E-state index is -0.793. The standard InChI is InChI=1S/C12H15N7O4/c1-6-10(19(22)23)9(16-18(6)4)12(21)14-7-5-17(3)15-8(7)11(20)13-2/h5H,1-4H3,(H,13,20)(H,14,21). The molecular weight excluding hydrogens is 306 g/mol. The van der Waals surface area contributed by atoms with E-state index in [1.54, 1.807) is 7.05 Å². The molecule has 2 aromatic heterocycles. The average Bonchev–Trinajstić information content (AvgIpc) is 2.99. The number of aromatic nitrogens is 4. The molecule has 0 fully saturated rings. The van der Waals surface area contributed by atoms with Crippen LogP contribution in [0, 0.1) is 17.0 Å². The number of amides is 2. The van der Waals surface area contributed by atoms with Crippen LogP contribution >= 0.6 is 0 Å². The van der Waals surface area contributed by atoms with Crippen molar-refractivity contribution in [2.24, 2.45) is 14.1 Å². The SMILES string of the molecule is CNC(=O)c1nn(C)cc1NC(=O)c1nn(C)c(C)c1[N+](=O)[O-]. The van der Waals surface area contributed by atoms with E-state index in [4.69, 9.17) is 0 Å². The van der Waals surface area contributed by atoms with Gasteiger partial charge in [0.25, 0.3) is 11.8 Å². The predicted octanol–water partition coefficient (Wildman–Crippen LogP) is -0.0179. The van der Waals surface area contributed by atoms with Crippen LogP contribution in [0.5, 0.6) is 0 Å². The summed E-state index contributed by atoms with van der Waals surface area (Å²) in [6.07, 6.45) is 1.42. The summed E-state index contributed by atoms with van der Waals surface area (Å²) in [4.78, 5) is 34.5. The summed E-state index contributed by atoms with van der Waals surface area (Å²) in [6.45, 7) is 1.49. The maximum atomic E-state index is 12.3. The summed E-state index contributed by atoms with van der Waals surface area (Å²) < 4.78 is 2.59. The number of carbonyl (C=O) groups is 2. The molecule has 2 heterocycles. The smallest absolute Gasteiger partial charge is 0.322 e. The van der Waals surface area contributed by atoms with Gasteiger partial charge in [0.1, 0.15) is 5.69 Å². The molecule has 2 N–H and O–H groups in total. The summed E-state index contributed by atoms with van der Waals surface area (Å²) in [7, 11) is 4.50. The lowest BCUT2D eigenvalue weighted by atomic mass is 10.2. The predicted molar refractivity (Wildman–Crippen MR) is 79.2 cm³/mol. The fourth-order valence-electron chi connectivity index (χ4n) is 2.02. The fraction of sp³-hybridized carbons (Fsp3) is 0.333. The molecule has 23 heavy (non-hydrogen) atoms. The molecule has 0 saturated heterocycles. The molecule has 0 aliphatic rings. The van der Waals surface area contributed by atoms with Crippen molar-refractivity contribution in [3.63, 3.8) is 0 Å². The molecule has 0 saturated carbocycles. The zero-order valence-electron chi connectivity index (χ0n) is 12.9. The fourth-order valence-corrected chi connectivity index (χ4v) is 2.02. The zero-order chi connectivity index (χ0) is 17.3. The van der Waals surface area contributed by atoms with Gasteiger partial charge in [0.05, 0.1) is 10.6 Å². The second-order valence-electron chi connectivity index (χ2n) is 4.76. The van der Waals surface area contributed by atoms with Crippen LogP contribution in [-0.4, -0.2) is 43.3 Å². The summed E-state index contributed by atoms with van der Waals surface area (Å²) >= 11 is 0. The first-order valence-corrected chi connectivity index (χ1v) is 6.51. The van der Waals surface area contributed by atoms with Crippen molar-refractivity contribution in [2.45, 2.75) is 6.92 Å². The lowest BCUT2D eigenvalue weighted by Gasteiger charge is -2.02. The van der Waals surface area contributed by atoms with Gasteiger partial charge in [-0.25, -0.2) is 0 Å². The van der Waals surface area contributed by atoms with Crippen LogP contribution in [0.15, 0.2) is 6.20 Å². The first-order chi connectivity index (χ1) is 10.8. The molecule has 0 bridgehead atoms. The van der Waals surface area contributed by atoms with Gasteiger partial charge in [0.2, 0.25) is 5.69 Å². The molecule has 0 radical (unpaired) electrons. The number of nitrogens with zero attached hydrogens (tertiary/aromatic N) is 5. The number of nitro groups is 1. The van der Waals surface area contributed by atoms with Crippen molar-refractivity contribution in [2.75, 3.05) is 12.4 Å². The number of hydrogen-bond donors (Lipinski definition) is 2. The second kappa shape index (κ2) is 5.87. The molecule has 0 spiro atoms. The maximum absolute atomic E-state index is 12.3. The van der Waals surface area contributed by atoms with Crippen LogP contribution in [0.25, 0.3) is 0 Å². The van der Waals surface area contributed by atoms with Gasteiger partial charge in [-0.1, -0.05) is 0 Å². The molecule has 2 rings (SSSR count). The van der Waals surface area contributed by atoms with Crippen molar-refractivity contribution in [1.29, 1.82) is 0 Å². The van der Waals surface area contributed by atoms with Gasteiger partial charge in [-0.2, -0.15) is 10.2 Å². The van der Waals surface area contributed by atoms with Crippen LogP contribution in [-0.2, 0) is 14.1 Å². The average molecular weight is 321 g/mol. The minimum absolute atomic E-state index is 0.00124. The van der Waals surface area contributed by atoms with Crippen molar-refractivity contribution in [3.8, 4) is 0 Å². The first-order valence-electron chi connectivity index (χ1n) is 6.51. The molecular formula is C12H15N7O4. The molecule has 0 aliphatic heterocycles. The maximum Gasteiger partial charge on any atom is 0.322 e. The van der Waals surface area contributed by atoms with Gasteiger partial charge in [0.15, 0.2) is 5.69 Å². The van der Waals surface area contributed by atoms with E-state index in [-0.39, 0.29) is 28.5 Å². The molecule has 122 valence electrons. The molecule has 0 aliphatic carbocycles. The first kappa shape index (κ1) is 16.1. The van der Waals surface area contributed by atoms with E-state index in [1.807, 2.05) is 0 Å². The van der Waals surface area contributed by atoms with Crippen LogP contribution in [0.3, 0.4) is 0 Å². The largest absolute Gasteiger partial charge is 0.354 e. The third kappa shape index (κ3) is 2.88. The van der Waals surface area contributed by atoms with Gasteiger partial charge >= 0.3 is 5.69 Å². The summed E-state index contributed by atoms with van der Waals surface area (Å²) in [5, 5.41) is 23.8. The van der Waals surface area contributed by atoms with E-state index >= 15 is 0 Å². The number of anilines is 1. The quantitative estimate of drug-likeness (QED) is 0.600. The Morgan fingerprint density at radius 3 is 2.43 bits per heavy atom. The Kier molecular flexibility index (Phi) is 4.12. The van der Waals surface area contributed by atoms with Gasteiger partial charge in [0, 0.05) is 27.3 Å².